The molecule has 1 saturated carbocycles. The van der Waals surface area contributed by atoms with Gasteiger partial charge in [0.2, 0.25) is 5.91 Å². The Morgan fingerprint density at radius 2 is 1.68 bits per heavy atom. The molecule has 1 saturated heterocycles. The number of carbonyl (C=O) groups is 1. The number of benzene rings is 3. The largest absolute Gasteiger partial charge is 0.497 e. The van der Waals surface area contributed by atoms with Crippen LogP contribution in [0.4, 0.5) is 5.69 Å². The molecule has 4 aromatic rings. The Morgan fingerprint density at radius 3 is 2.32 bits per heavy atom. The second-order valence-corrected chi connectivity index (χ2v) is 13.9. The smallest absolute Gasteiger partial charge is 0.262 e. The molecule has 1 amide bonds. The monoisotopic (exact) mass is 614 g/mol. The topological polar surface area (TPSA) is 92.7 Å². The molecule has 0 spiro atoms. The number of ether oxygens (including phenoxy) is 1. The summed E-state index contributed by atoms with van der Waals surface area (Å²) in [7, 11) is -2.31. The van der Waals surface area contributed by atoms with Crippen LogP contribution < -0.4 is 14.8 Å². The number of sulfonamides is 1. The standard InChI is InChI=1S/C35H42N4O4S/c1-25-23-30(43-3)24-26(2)34(25)44(41,42)37-31-12-7-9-27-15-21-38(33(27)31)22-16-32(40)36-29-13-17-35(18-14-29,39-19-8-20-39)28-10-5-4-6-11-28/h4-7,9-12,15,21,23-24,29,37H,8,13-14,16-20,22H2,1-3H3,(H,36,40). The summed E-state index contributed by atoms with van der Waals surface area (Å²) in [5.74, 6) is 0.642. The van der Waals surface area contributed by atoms with Gasteiger partial charge in [0.15, 0.2) is 0 Å². The predicted molar refractivity (Wildman–Crippen MR) is 175 cm³/mol. The summed E-state index contributed by atoms with van der Waals surface area (Å²) in [6.07, 6.45) is 7.49. The molecule has 2 aliphatic rings. The number of anilines is 1. The second-order valence-electron chi connectivity index (χ2n) is 12.3. The van der Waals surface area contributed by atoms with Crippen molar-refractivity contribution in [2.24, 2.45) is 0 Å². The number of para-hydroxylation sites is 1. The fourth-order valence-electron chi connectivity index (χ4n) is 7.22. The molecule has 1 aliphatic carbocycles. The van der Waals surface area contributed by atoms with Crippen molar-refractivity contribution in [3.05, 3.63) is 89.6 Å². The van der Waals surface area contributed by atoms with E-state index < -0.39 is 10.0 Å². The van der Waals surface area contributed by atoms with Crippen LogP contribution in [-0.4, -0.2) is 50.0 Å². The molecular formula is C35H42N4O4S. The molecule has 1 aliphatic heterocycles. The molecule has 6 rings (SSSR count). The number of hydrogen-bond acceptors (Lipinski definition) is 5. The summed E-state index contributed by atoms with van der Waals surface area (Å²) < 4.78 is 37.3. The number of rotatable bonds is 10. The molecule has 2 heterocycles. The molecule has 8 nitrogen and oxygen atoms in total. The molecule has 0 bridgehead atoms. The van der Waals surface area contributed by atoms with E-state index in [4.69, 9.17) is 4.74 Å². The average Bonchev–Trinajstić information content (AvgIpc) is 3.40. The summed E-state index contributed by atoms with van der Waals surface area (Å²) in [4.78, 5) is 16.0. The maximum Gasteiger partial charge on any atom is 0.262 e. The lowest BCUT2D eigenvalue weighted by atomic mass is 9.72. The van der Waals surface area contributed by atoms with Crippen molar-refractivity contribution in [1.82, 2.24) is 14.8 Å². The van der Waals surface area contributed by atoms with E-state index in [1.165, 1.54) is 12.0 Å². The van der Waals surface area contributed by atoms with Gasteiger partial charge in [0.05, 0.1) is 23.2 Å². The van der Waals surface area contributed by atoms with Crippen molar-refractivity contribution in [3.63, 3.8) is 0 Å². The Bertz CT molecular complexity index is 1730. The van der Waals surface area contributed by atoms with E-state index in [1.807, 2.05) is 29.0 Å². The third-order valence-electron chi connectivity index (χ3n) is 9.50. The van der Waals surface area contributed by atoms with E-state index in [-0.39, 0.29) is 22.4 Å². The van der Waals surface area contributed by atoms with E-state index in [2.05, 4.69) is 45.3 Å². The summed E-state index contributed by atoms with van der Waals surface area (Å²) in [5, 5.41) is 4.20. The molecule has 0 unspecified atom stereocenters. The second kappa shape index (κ2) is 12.3. The number of aryl methyl sites for hydroxylation is 3. The number of amides is 1. The molecule has 3 aromatic carbocycles. The van der Waals surface area contributed by atoms with Gasteiger partial charge < -0.3 is 14.6 Å². The zero-order chi connectivity index (χ0) is 30.9. The Morgan fingerprint density at radius 1 is 0.977 bits per heavy atom. The van der Waals surface area contributed by atoms with Crippen LogP contribution in [0.5, 0.6) is 5.75 Å². The fraction of sp³-hybridized carbons (Fsp3) is 0.400. The van der Waals surface area contributed by atoms with Gasteiger partial charge in [0.25, 0.3) is 10.0 Å². The number of fused-ring (bicyclic) bond motifs is 1. The Kier molecular flexibility index (Phi) is 8.44. The molecule has 0 atom stereocenters. The molecule has 2 fully saturated rings. The molecular weight excluding hydrogens is 572 g/mol. The van der Waals surface area contributed by atoms with Gasteiger partial charge in [0, 0.05) is 49.2 Å². The molecule has 0 radical (unpaired) electrons. The van der Waals surface area contributed by atoms with Crippen molar-refractivity contribution in [3.8, 4) is 5.75 Å². The van der Waals surface area contributed by atoms with Crippen LogP contribution in [-0.2, 0) is 26.9 Å². The SMILES string of the molecule is COc1cc(C)c(S(=O)(=O)Nc2cccc3ccn(CCC(=O)NC4CCC(c5ccccc5)(N5CCC5)CC4)c23)c(C)c1. The van der Waals surface area contributed by atoms with Crippen LogP contribution in [0, 0.1) is 13.8 Å². The maximum atomic E-state index is 13.6. The highest BCUT2D eigenvalue weighted by Crippen LogP contribution is 2.44. The van der Waals surface area contributed by atoms with Crippen molar-refractivity contribution < 1.29 is 17.9 Å². The molecule has 9 heteroatoms. The Labute approximate surface area is 260 Å². The lowest BCUT2D eigenvalue weighted by Crippen LogP contribution is -2.56. The molecule has 232 valence electrons. The van der Waals surface area contributed by atoms with Crippen molar-refractivity contribution in [2.75, 3.05) is 24.9 Å². The average molecular weight is 615 g/mol. The van der Waals surface area contributed by atoms with Crippen molar-refractivity contribution in [2.45, 2.75) is 75.4 Å². The van der Waals surface area contributed by atoms with Gasteiger partial charge in [-0.2, -0.15) is 0 Å². The van der Waals surface area contributed by atoms with Gasteiger partial charge in [-0.3, -0.25) is 14.4 Å². The van der Waals surface area contributed by atoms with Gasteiger partial charge >= 0.3 is 0 Å². The minimum atomic E-state index is -3.87. The summed E-state index contributed by atoms with van der Waals surface area (Å²) in [6, 6.07) is 22.0. The predicted octanol–water partition coefficient (Wildman–Crippen LogP) is 6.12. The van der Waals surface area contributed by atoms with Crippen molar-refractivity contribution in [1.29, 1.82) is 0 Å². The number of nitrogens with one attached hydrogen (secondary N) is 2. The lowest BCUT2D eigenvalue weighted by Gasteiger charge is -2.52. The van der Waals surface area contributed by atoms with Gasteiger partial charge in [-0.1, -0.05) is 42.5 Å². The van der Waals surface area contributed by atoms with Crippen LogP contribution in [0.1, 0.15) is 55.2 Å². The van der Waals surface area contributed by atoms with E-state index in [0.717, 1.165) is 49.7 Å². The zero-order valence-electron chi connectivity index (χ0n) is 25.8. The maximum absolute atomic E-state index is 13.6. The number of carbonyl (C=O) groups excluding carboxylic acids is 1. The lowest BCUT2D eigenvalue weighted by molar-refractivity contribution is -0.122. The third kappa shape index (κ3) is 5.83. The van der Waals surface area contributed by atoms with Gasteiger partial charge in [-0.25, -0.2) is 8.42 Å². The first kappa shape index (κ1) is 30.2. The van der Waals surface area contributed by atoms with E-state index in [9.17, 15) is 13.2 Å². The summed E-state index contributed by atoms with van der Waals surface area (Å²) in [6.45, 7) is 6.28. The first-order chi connectivity index (χ1) is 21.2. The van der Waals surface area contributed by atoms with Crippen LogP contribution >= 0.6 is 0 Å². The van der Waals surface area contributed by atoms with E-state index in [1.54, 1.807) is 39.2 Å². The van der Waals surface area contributed by atoms with E-state index >= 15 is 0 Å². The number of nitrogens with zero attached hydrogens (tertiary/aromatic N) is 2. The number of aromatic nitrogens is 1. The Hall–Kier alpha value is -3.82. The first-order valence-corrected chi connectivity index (χ1v) is 17.0. The summed E-state index contributed by atoms with van der Waals surface area (Å²) >= 11 is 0. The summed E-state index contributed by atoms with van der Waals surface area (Å²) in [5.41, 5.74) is 3.94. The van der Waals surface area contributed by atoms with Crippen LogP contribution in [0.25, 0.3) is 10.9 Å². The molecule has 1 aromatic heterocycles. The Balaban J connectivity index is 1.12. The zero-order valence-corrected chi connectivity index (χ0v) is 26.6. The fourth-order valence-corrected chi connectivity index (χ4v) is 8.74. The highest BCUT2D eigenvalue weighted by molar-refractivity contribution is 7.92. The number of hydrogen-bond donors (Lipinski definition) is 2. The highest BCUT2D eigenvalue weighted by atomic mass is 32.2. The quantitative estimate of drug-likeness (QED) is 0.225. The van der Waals surface area contributed by atoms with Gasteiger partial charge in [0.1, 0.15) is 5.75 Å². The van der Waals surface area contributed by atoms with Crippen molar-refractivity contribution >= 4 is 32.5 Å². The first-order valence-electron chi connectivity index (χ1n) is 15.6. The van der Waals surface area contributed by atoms with Crippen LogP contribution in [0.3, 0.4) is 0 Å². The normalized spacial score (nSPS) is 20.7. The van der Waals surface area contributed by atoms with Gasteiger partial charge in [-0.05, 0) is 86.9 Å². The van der Waals surface area contributed by atoms with Crippen LogP contribution in [0.2, 0.25) is 0 Å². The number of likely N-dealkylation sites (tertiary alicyclic amines) is 1. The van der Waals surface area contributed by atoms with Gasteiger partial charge in [-0.15, -0.1) is 0 Å². The molecule has 44 heavy (non-hydrogen) atoms. The number of methoxy groups -OCH3 is 1. The minimum absolute atomic E-state index is 0.0237. The molecule has 2 N–H and O–H groups in total. The highest BCUT2D eigenvalue weighted by Gasteiger charge is 2.43. The van der Waals surface area contributed by atoms with Crippen LogP contribution in [0.15, 0.2) is 77.8 Å². The van der Waals surface area contributed by atoms with E-state index in [0.29, 0.717) is 35.5 Å². The minimum Gasteiger partial charge on any atom is -0.497 e. The third-order valence-corrected chi connectivity index (χ3v) is 11.2.